The molecule has 1 aromatic rings. The Labute approximate surface area is 127 Å². The van der Waals surface area contributed by atoms with Crippen molar-refractivity contribution in [3.8, 4) is 0 Å². The molecular formula is C16H18F2N2O2. The van der Waals surface area contributed by atoms with E-state index in [4.69, 9.17) is 5.73 Å². The van der Waals surface area contributed by atoms with E-state index in [0.29, 0.717) is 5.56 Å². The number of carbonyl (C=O) groups excluding carboxylic acids is 1. The smallest absolute Gasteiger partial charge is 0.357 e. The number of pyridine rings is 1. The molecule has 1 aliphatic carbocycles. The maximum atomic E-state index is 14.4. The van der Waals surface area contributed by atoms with Crippen LogP contribution < -0.4 is 5.73 Å². The molecule has 0 amide bonds. The van der Waals surface area contributed by atoms with E-state index < -0.39 is 23.9 Å². The second-order valence-electron chi connectivity index (χ2n) is 5.37. The molecule has 0 spiro atoms. The zero-order valence-corrected chi connectivity index (χ0v) is 12.9. The van der Waals surface area contributed by atoms with Gasteiger partial charge in [0.2, 0.25) is 0 Å². The lowest BCUT2D eigenvalue weighted by molar-refractivity contribution is 0.0592. The van der Waals surface area contributed by atoms with E-state index in [9.17, 15) is 13.6 Å². The highest BCUT2D eigenvalue weighted by Crippen LogP contribution is 2.39. The molecule has 2 unspecified atom stereocenters. The van der Waals surface area contributed by atoms with Crippen molar-refractivity contribution >= 4 is 11.7 Å². The van der Waals surface area contributed by atoms with Crippen LogP contribution in [0.5, 0.6) is 0 Å². The standard InChI is InChI=1S/C16H18F2N2O2/c1-7-5-10(17)13(9(3)14(7)18)12-6-11(19)8(2)15(20-12)16(21)22-4/h5-6,10,13H,1-4H3,(H2,19,20). The van der Waals surface area contributed by atoms with Gasteiger partial charge >= 0.3 is 5.97 Å². The van der Waals surface area contributed by atoms with Crippen molar-refractivity contribution in [1.29, 1.82) is 0 Å². The van der Waals surface area contributed by atoms with E-state index in [-0.39, 0.29) is 28.2 Å². The van der Waals surface area contributed by atoms with Crippen molar-refractivity contribution in [2.24, 2.45) is 0 Å². The van der Waals surface area contributed by atoms with E-state index in [2.05, 4.69) is 9.72 Å². The molecule has 0 saturated heterocycles. The number of halogens is 2. The van der Waals surface area contributed by atoms with Crippen molar-refractivity contribution in [3.05, 3.63) is 46.1 Å². The van der Waals surface area contributed by atoms with Gasteiger partial charge in [-0.3, -0.25) is 0 Å². The summed E-state index contributed by atoms with van der Waals surface area (Å²) in [4.78, 5) is 15.9. The number of allylic oxidation sites excluding steroid dienone is 4. The summed E-state index contributed by atoms with van der Waals surface area (Å²) in [5.41, 5.74) is 7.35. The predicted molar refractivity (Wildman–Crippen MR) is 79.9 cm³/mol. The van der Waals surface area contributed by atoms with Crippen LogP contribution in [0.2, 0.25) is 0 Å². The fraction of sp³-hybridized carbons (Fsp3) is 0.375. The number of nitrogens with two attached hydrogens (primary N) is 1. The number of carbonyl (C=O) groups is 1. The number of aromatic nitrogens is 1. The first-order chi connectivity index (χ1) is 10.3. The van der Waals surface area contributed by atoms with Gasteiger partial charge in [0, 0.05) is 11.3 Å². The van der Waals surface area contributed by atoms with Gasteiger partial charge in [0.15, 0.2) is 5.69 Å². The lowest BCUT2D eigenvalue weighted by atomic mass is 9.84. The summed E-state index contributed by atoms with van der Waals surface area (Å²) in [6, 6.07) is 1.48. The number of anilines is 1. The van der Waals surface area contributed by atoms with Gasteiger partial charge in [0.25, 0.3) is 0 Å². The summed E-state index contributed by atoms with van der Waals surface area (Å²) < 4.78 is 33.1. The van der Waals surface area contributed by atoms with Crippen LogP contribution in [0.15, 0.2) is 29.1 Å². The number of ether oxygens (including phenoxy) is 1. The molecule has 6 heteroatoms. The van der Waals surface area contributed by atoms with Gasteiger partial charge in [-0.1, -0.05) is 0 Å². The van der Waals surface area contributed by atoms with E-state index >= 15 is 0 Å². The minimum Gasteiger partial charge on any atom is -0.464 e. The number of nitrogens with zero attached hydrogens (tertiary/aromatic N) is 1. The van der Waals surface area contributed by atoms with Gasteiger partial charge in [-0.15, -0.1) is 0 Å². The van der Waals surface area contributed by atoms with Crippen LogP contribution in [-0.2, 0) is 4.74 Å². The molecule has 0 aromatic carbocycles. The van der Waals surface area contributed by atoms with Gasteiger partial charge in [-0.2, -0.15) is 0 Å². The monoisotopic (exact) mass is 308 g/mol. The van der Waals surface area contributed by atoms with Gasteiger partial charge < -0.3 is 10.5 Å². The zero-order chi connectivity index (χ0) is 16.6. The van der Waals surface area contributed by atoms with Crippen molar-refractivity contribution in [2.45, 2.75) is 32.9 Å². The molecule has 22 heavy (non-hydrogen) atoms. The Bertz CT molecular complexity index is 696. The largest absolute Gasteiger partial charge is 0.464 e. The second-order valence-corrected chi connectivity index (χ2v) is 5.37. The van der Waals surface area contributed by atoms with Crippen LogP contribution in [0.25, 0.3) is 0 Å². The lowest BCUT2D eigenvalue weighted by Crippen LogP contribution is -2.22. The summed E-state index contributed by atoms with van der Waals surface area (Å²) >= 11 is 0. The molecule has 1 aliphatic rings. The van der Waals surface area contributed by atoms with Gasteiger partial charge in [0.1, 0.15) is 12.0 Å². The Balaban J connectivity index is 2.59. The number of rotatable bonds is 2. The Morgan fingerprint density at radius 3 is 2.59 bits per heavy atom. The Kier molecular flexibility index (Phi) is 4.30. The first-order valence-electron chi connectivity index (χ1n) is 6.82. The molecule has 2 rings (SSSR count). The fourth-order valence-corrected chi connectivity index (χ4v) is 2.58. The van der Waals surface area contributed by atoms with E-state index in [1.807, 2.05) is 0 Å². The average molecular weight is 308 g/mol. The van der Waals surface area contributed by atoms with Crippen molar-refractivity contribution in [3.63, 3.8) is 0 Å². The van der Waals surface area contributed by atoms with Gasteiger partial charge in [0.05, 0.1) is 18.7 Å². The number of hydrogen-bond acceptors (Lipinski definition) is 4. The highest BCUT2D eigenvalue weighted by molar-refractivity contribution is 5.90. The maximum absolute atomic E-state index is 14.4. The normalized spacial score (nSPS) is 21.6. The van der Waals surface area contributed by atoms with Crippen molar-refractivity contribution in [2.75, 3.05) is 12.8 Å². The predicted octanol–water partition coefficient (Wildman–Crippen LogP) is 3.38. The van der Waals surface area contributed by atoms with E-state index in [0.717, 1.165) is 0 Å². The van der Waals surface area contributed by atoms with Crippen molar-refractivity contribution < 1.29 is 18.3 Å². The molecule has 2 N–H and O–H groups in total. The first-order valence-corrected chi connectivity index (χ1v) is 6.82. The van der Waals surface area contributed by atoms with Crippen LogP contribution in [0.1, 0.15) is 41.5 Å². The molecule has 0 radical (unpaired) electrons. The van der Waals surface area contributed by atoms with Crippen LogP contribution in [0, 0.1) is 6.92 Å². The van der Waals surface area contributed by atoms with Crippen LogP contribution in [0.4, 0.5) is 14.5 Å². The quantitative estimate of drug-likeness (QED) is 0.851. The molecule has 1 heterocycles. The first kappa shape index (κ1) is 16.1. The number of esters is 1. The Morgan fingerprint density at radius 1 is 1.36 bits per heavy atom. The molecule has 2 atom stereocenters. The average Bonchev–Trinajstić information content (AvgIpc) is 2.47. The van der Waals surface area contributed by atoms with Crippen LogP contribution in [-0.4, -0.2) is 24.2 Å². The summed E-state index contributed by atoms with van der Waals surface area (Å²) in [7, 11) is 1.22. The summed E-state index contributed by atoms with van der Waals surface area (Å²) in [5.74, 6) is -2.03. The van der Waals surface area contributed by atoms with Crippen LogP contribution in [0.3, 0.4) is 0 Å². The topological polar surface area (TPSA) is 65.2 Å². The maximum Gasteiger partial charge on any atom is 0.357 e. The third-order valence-corrected chi connectivity index (χ3v) is 3.92. The molecule has 118 valence electrons. The Morgan fingerprint density at radius 2 is 2.00 bits per heavy atom. The van der Waals surface area contributed by atoms with E-state index in [1.165, 1.54) is 33.1 Å². The Hall–Kier alpha value is -2.24. The molecule has 0 aliphatic heterocycles. The third kappa shape index (κ3) is 2.61. The number of hydrogen-bond donors (Lipinski definition) is 1. The number of alkyl halides is 1. The molecule has 0 fully saturated rings. The molecule has 0 bridgehead atoms. The minimum atomic E-state index is -1.43. The van der Waals surface area contributed by atoms with Gasteiger partial charge in [-0.05, 0) is 44.1 Å². The summed E-state index contributed by atoms with van der Waals surface area (Å²) in [5, 5.41) is 0. The van der Waals surface area contributed by atoms with Gasteiger partial charge in [-0.25, -0.2) is 18.6 Å². The molecule has 1 aromatic heterocycles. The SMILES string of the molecule is COC(=O)c1nc(C2C(C)=C(F)C(C)=CC2F)cc(N)c1C. The number of nitrogen functional groups attached to an aromatic ring is 1. The van der Waals surface area contributed by atoms with Crippen LogP contribution >= 0.6 is 0 Å². The van der Waals surface area contributed by atoms with E-state index in [1.54, 1.807) is 6.92 Å². The third-order valence-electron chi connectivity index (χ3n) is 3.92. The lowest BCUT2D eigenvalue weighted by Gasteiger charge is -2.25. The summed E-state index contributed by atoms with van der Waals surface area (Å²) in [6.07, 6.45) is -0.220. The number of methoxy groups -OCH3 is 1. The molecular weight excluding hydrogens is 290 g/mol. The van der Waals surface area contributed by atoms with Crippen molar-refractivity contribution in [1.82, 2.24) is 4.98 Å². The second kappa shape index (κ2) is 5.87. The highest BCUT2D eigenvalue weighted by atomic mass is 19.1. The highest BCUT2D eigenvalue weighted by Gasteiger charge is 2.32. The minimum absolute atomic E-state index is 0.0178. The zero-order valence-electron chi connectivity index (χ0n) is 12.9. The molecule has 4 nitrogen and oxygen atoms in total. The molecule has 0 saturated carbocycles. The summed E-state index contributed by atoms with van der Waals surface area (Å²) in [6.45, 7) is 4.65. The fourth-order valence-electron chi connectivity index (χ4n) is 2.58.